The molecule has 3 N–H and O–H groups in total. The Morgan fingerprint density at radius 3 is 2.11 bits per heavy atom. The fraction of sp³-hybridized carbons (Fsp3) is 0.600. The van der Waals surface area contributed by atoms with Crippen molar-refractivity contribution in [2.45, 2.75) is 19.9 Å². The summed E-state index contributed by atoms with van der Waals surface area (Å²) in [6.45, 7) is 2.97. The topological polar surface area (TPSA) is 72.2 Å². The Hall–Kier alpha value is -1.06. The third-order valence-electron chi connectivity index (χ3n) is 0.969. The number of nitrogens with one attached hydrogen (secondary N) is 1. The number of Topliss-reactive ketones (excluding diaryl/α,β-unsaturated/α-hetero) is 1. The van der Waals surface area contributed by atoms with E-state index in [-0.39, 0.29) is 5.78 Å². The van der Waals surface area contributed by atoms with Crippen LogP contribution >= 0.6 is 0 Å². The number of amides is 2. The molecule has 0 aromatic carbocycles. The van der Waals surface area contributed by atoms with Gasteiger partial charge >= 0.3 is 6.03 Å². The molecule has 0 aliphatic carbocycles. The summed E-state index contributed by atoms with van der Waals surface area (Å²) in [5.74, 6) is -0.103. The number of hydrogen-bond acceptors (Lipinski definition) is 2. The molecule has 2 amide bonds. The van der Waals surface area contributed by atoms with Gasteiger partial charge in [0.05, 0.1) is 6.04 Å². The van der Waals surface area contributed by atoms with Crippen molar-refractivity contribution in [3.8, 4) is 0 Å². The normalized spacial score (nSPS) is 12.2. The highest BCUT2D eigenvalue weighted by Gasteiger charge is 2.06. The summed E-state index contributed by atoms with van der Waals surface area (Å²) in [5, 5.41) is 2.23. The molecule has 0 aromatic rings. The van der Waals surface area contributed by atoms with Crippen molar-refractivity contribution >= 4 is 11.8 Å². The van der Waals surface area contributed by atoms with Crippen LogP contribution in [0.5, 0.6) is 0 Å². The number of rotatable bonds is 2. The molecule has 0 spiro atoms. The van der Waals surface area contributed by atoms with Crippen LogP contribution in [0.4, 0.5) is 4.79 Å². The minimum atomic E-state index is -0.669. The molecule has 0 saturated carbocycles. The van der Waals surface area contributed by atoms with Gasteiger partial charge < -0.3 is 11.1 Å². The molecule has 1 atom stereocenters. The average Bonchev–Trinajstić information content (AvgIpc) is 1.63. The van der Waals surface area contributed by atoms with Crippen LogP contribution in [0.1, 0.15) is 13.8 Å². The number of ketones is 1. The lowest BCUT2D eigenvalue weighted by atomic mass is 10.2. The highest BCUT2D eigenvalue weighted by molar-refractivity contribution is 5.85. The van der Waals surface area contributed by atoms with Gasteiger partial charge in [-0.2, -0.15) is 0 Å². The second-order valence-corrected chi connectivity index (χ2v) is 1.84. The van der Waals surface area contributed by atoms with Gasteiger partial charge in [-0.05, 0) is 13.8 Å². The molecular weight excluding hydrogens is 120 g/mol. The van der Waals surface area contributed by atoms with Crippen molar-refractivity contribution in [1.82, 2.24) is 5.32 Å². The first-order valence-electron chi connectivity index (χ1n) is 2.60. The zero-order chi connectivity index (χ0) is 7.44. The Labute approximate surface area is 53.4 Å². The first-order valence-corrected chi connectivity index (χ1v) is 2.60. The zero-order valence-corrected chi connectivity index (χ0v) is 5.47. The van der Waals surface area contributed by atoms with Crippen LogP contribution in [-0.2, 0) is 4.79 Å². The number of nitrogens with two attached hydrogens (primary N) is 1. The lowest BCUT2D eigenvalue weighted by Crippen LogP contribution is -2.40. The summed E-state index contributed by atoms with van der Waals surface area (Å²) in [5.41, 5.74) is 4.73. The van der Waals surface area contributed by atoms with Crippen molar-refractivity contribution in [3.63, 3.8) is 0 Å². The lowest BCUT2D eigenvalue weighted by Gasteiger charge is -2.05. The summed E-state index contributed by atoms with van der Waals surface area (Å²) < 4.78 is 0. The van der Waals surface area contributed by atoms with Gasteiger partial charge in [-0.15, -0.1) is 0 Å². The largest absolute Gasteiger partial charge is 0.352 e. The van der Waals surface area contributed by atoms with Gasteiger partial charge in [0.2, 0.25) is 0 Å². The van der Waals surface area contributed by atoms with Crippen molar-refractivity contribution in [2.75, 3.05) is 0 Å². The predicted octanol–water partition coefficient (Wildman–Crippen LogP) is -0.368. The van der Waals surface area contributed by atoms with Gasteiger partial charge in [-0.25, -0.2) is 4.79 Å². The number of carbonyl (C=O) groups is 2. The van der Waals surface area contributed by atoms with Crippen molar-refractivity contribution in [3.05, 3.63) is 0 Å². The maximum Gasteiger partial charge on any atom is 0.312 e. The van der Waals surface area contributed by atoms with Crippen LogP contribution in [0.3, 0.4) is 0 Å². The maximum absolute atomic E-state index is 10.4. The quantitative estimate of drug-likeness (QED) is 0.535. The van der Waals surface area contributed by atoms with E-state index >= 15 is 0 Å². The van der Waals surface area contributed by atoms with E-state index in [1.807, 2.05) is 0 Å². The van der Waals surface area contributed by atoms with Gasteiger partial charge in [-0.1, -0.05) is 0 Å². The fourth-order valence-electron chi connectivity index (χ4n) is 0.315. The molecule has 0 saturated heterocycles. The van der Waals surface area contributed by atoms with E-state index in [4.69, 9.17) is 5.73 Å². The number of primary amides is 1. The molecule has 52 valence electrons. The van der Waals surface area contributed by atoms with Crippen molar-refractivity contribution in [2.24, 2.45) is 5.73 Å². The molecule has 0 aromatic heterocycles. The van der Waals surface area contributed by atoms with E-state index in [2.05, 4.69) is 5.32 Å². The van der Waals surface area contributed by atoms with Crippen LogP contribution in [0.15, 0.2) is 0 Å². The SMILES string of the molecule is CC(=O)C(C)NC(N)=O. The van der Waals surface area contributed by atoms with Crippen molar-refractivity contribution < 1.29 is 9.59 Å². The monoisotopic (exact) mass is 130 g/mol. The van der Waals surface area contributed by atoms with Crippen LogP contribution < -0.4 is 11.1 Å². The Morgan fingerprint density at radius 1 is 1.56 bits per heavy atom. The first kappa shape index (κ1) is 7.94. The molecule has 0 rings (SSSR count). The molecule has 0 bridgehead atoms. The molecule has 1 unspecified atom stereocenters. The second kappa shape index (κ2) is 3.06. The van der Waals surface area contributed by atoms with E-state index in [1.165, 1.54) is 6.92 Å². The van der Waals surface area contributed by atoms with Gasteiger partial charge in [0.1, 0.15) is 0 Å². The van der Waals surface area contributed by atoms with E-state index < -0.39 is 12.1 Å². The third kappa shape index (κ3) is 3.52. The molecule has 4 nitrogen and oxygen atoms in total. The maximum atomic E-state index is 10.4. The molecular formula is C5H10N2O2. The Balaban J connectivity index is 3.63. The number of urea groups is 1. The molecule has 9 heavy (non-hydrogen) atoms. The fourth-order valence-corrected chi connectivity index (χ4v) is 0.315. The minimum absolute atomic E-state index is 0.103. The van der Waals surface area contributed by atoms with Crippen LogP contribution in [-0.4, -0.2) is 17.9 Å². The van der Waals surface area contributed by atoms with Crippen LogP contribution in [0.2, 0.25) is 0 Å². The smallest absolute Gasteiger partial charge is 0.312 e. The summed E-state index contributed by atoms with van der Waals surface area (Å²) in [7, 11) is 0. The van der Waals surface area contributed by atoms with E-state index in [0.717, 1.165) is 0 Å². The average molecular weight is 130 g/mol. The lowest BCUT2D eigenvalue weighted by molar-refractivity contribution is -0.118. The molecule has 0 radical (unpaired) electrons. The van der Waals surface area contributed by atoms with E-state index in [9.17, 15) is 9.59 Å². The third-order valence-corrected chi connectivity index (χ3v) is 0.969. The summed E-state index contributed by atoms with van der Waals surface area (Å²) in [6.07, 6.45) is 0. The second-order valence-electron chi connectivity index (χ2n) is 1.84. The minimum Gasteiger partial charge on any atom is -0.352 e. The van der Waals surface area contributed by atoms with Gasteiger partial charge in [0.25, 0.3) is 0 Å². The van der Waals surface area contributed by atoms with E-state index in [1.54, 1.807) is 6.92 Å². The standard InChI is InChI=1S/C5H10N2O2/c1-3(4(2)8)7-5(6)9/h3H,1-2H3,(H3,6,7,9). The highest BCUT2D eigenvalue weighted by atomic mass is 16.2. The summed E-state index contributed by atoms with van der Waals surface area (Å²) >= 11 is 0. The Morgan fingerprint density at radius 2 is 2.00 bits per heavy atom. The van der Waals surface area contributed by atoms with Crippen molar-refractivity contribution in [1.29, 1.82) is 0 Å². The molecule has 0 aliphatic rings. The molecule has 0 heterocycles. The first-order chi connectivity index (χ1) is 4.04. The van der Waals surface area contributed by atoms with Crippen LogP contribution in [0.25, 0.3) is 0 Å². The zero-order valence-electron chi connectivity index (χ0n) is 5.47. The molecule has 0 fully saturated rings. The number of hydrogen-bond donors (Lipinski definition) is 2. The number of carbonyl (C=O) groups excluding carboxylic acids is 2. The van der Waals surface area contributed by atoms with Crippen LogP contribution in [0, 0.1) is 0 Å². The Bertz CT molecular complexity index is 133. The predicted molar refractivity (Wildman–Crippen MR) is 32.9 cm³/mol. The highest BCUT2D eigenvalue weighted by Crippen LogP contribution is 1.80. The molecule has 4 heteroatoms. The summed E-state index contributed by atoms with van der Waals surface area (Å²) in [6, 6.07) is -1.14. The Kier molecular flexibility index (Phi) is 2.70. The van der Waals surface area contributed by atoms with Gasteiger partial charge in [0, 0.05) is 0 Å². The van der Waals surface area contributed by atoms with Gasteiger partial charge in [-0.3, -0.25) is 4.79 Å². The van der Waals surface area contributed by atoms with E-state index in [0.29, 0.717) is 0 Å². The molecule has 0 aliphatic heterocycles. The summed E-state index contributed by atoms with van der Waals surface area (Å²) in [4.78, 5) is 20.5. The van der Waals surface area contributed by atoms with Gasteiger partial charge in [0.15, 0.2) is 5.78 Å².